The zero-order valence-electron chi connectivity index (χ0n) is 28.3. The Hall–Kier alpha value is -3.72. The third-order valence-corrected chi connectivity index (χ3v) is 29.7. The van der Waals surface area contributed by atoms with Crippen LogP contribution in [0.5, 0.6) is 0 Å². The summed E-state index contributed by atoms with van der Waals surface area (Å²) < 4.78 is 7.14. The van der Waals surface area contributed by atoms with Gasteiger partial charge in [0.2, 0.25) is 0 Å². The second-order valence-corrected chi connectivity index (χ2v) is 31.3. The van der Waals surface area contributed by atoms with E-state index in [1.807, 2.05) is 6.26 Å². The maximum atomic E-state index is 6.30. The molecule has 2 aliphatic carbocycles. The first-order chi connectivity index (χ1) is 23.6. The molecule has 0 bridgehead atoms. The van der Waals surface area contributed by atoms with Crippen LogP contribution in [0.15, 0.2) is 144 Å². The fourth-order valence-corrected chi connectivity index (χ4v) is 28.3. The van der Waals surface area contributed by atoms with Gasteiger partial charge in [-0.15, -0.1) is 24.8 Å². The van der Waals surface area contributed by atoms with Crippen molar-refractivity contribution in [3.63, 3.8) is 0 Å². The molecule has 5 heteroatoms. The molecule has 0 amide bonds. The molecule has 50 heavy (non-hydrogen) atoms. The second-order valence-electron chi connectivity index (χ2n) is 13.4. The summed E-state index contributed by atoms with van der Waals surface area (Å²) in [4.78, 5) is 0. The van der Waals surface area contributed by atoms with Crippen LogP contribution < -0.4 is 0 Å². The van der Waals surface area contributed by atoms with Crippen molar-refractivity contribution in [2.24, 2.45) is 0 Å². The first kappa shape index (κ1) is 34.7. The minimum Gasteiger partial charge on any atom is -0.147 e. The largest absolute Gasteiger partial charge is 0.147 e. The normalized spacial score (nSPS) is 15.8. The Morgan fingerprint density at radius 3 is 2.00 bits per heavy atom. The second kappa shape index (κ2) is 14.1. The maximum Gasteiger partial charge on any atom is -0.147 e. The van der Waals surface area contributed by atoms with Gasteiger partial charge in [-0.2, -0.15) is 0 Å². The number of halogens is 2. The summed E-state index contributed by atoms with van der Waals surface area (Å²) in [6.45, 7) is 7.46. The maximum absolute atomic E-state index is 6.30. The molecule has 1 heterocycles. The standard InChI is InChI=1S/C23H15O.C20H15.C2H6Si.2ClH.Zr/c1-2-9-19-16(6-1)7-3-10-20(19)21-11-4-8-17-14-18(15-22(17)21)23-12-5-13-24-23;1-14-10-11-19(20-9-5-4-8-18(14)20)17-12-15-6-2-3-7-16(15)13-17;1-3-2;;;/h1-15H;2-13H,1H3;1-2H3;2*1H;. The molecule has 246 valence electrons. The molecule has 0 fully saturated rings. The van der Waals surface area contributed by atoms with Crippen LogP contribution in [-0.2, 0) is 20.4 Å². The number of allylic oxidation sites excluding steroid dienone is 2. The predicted molar refractivity (Wildman–Crippen MR) is 216 cm³/mol. The van der Waals surface area contributed by atoms with Gasteiger partial charge in [0.1, 0.15) is 0 Å². The van der Waals surface area contributed by atoms with Crippen LogP contribution in [0.1, 0.15) is 46.4 Å². The summed E-state index contributed by atoms with van der Waals surface area (Å²) in [5, 5.41) is 5.32. The van der Waals surface area contributed by atoms with Crippen LogP contribution in [0.25, 0.3) is 56.0 Å². The molecule has 0 saturated carbocycles. The van der Waals surface area contributed by atoms with E-state index in [4.69, 9.17) is 4.42 Å². The zero-order valence-corrected chi connectivity index (χ0v) is 33.4. The Balaban J connectivity index is 0.00000196. The van der Waals surface area contributed by atoms with Crippen LogP contribution in [0.4, 0.5) is 0 Å². The van der Waals surface area contributed by atoms with Gasteiger partial charge in [0.25, 0.3) is 0 Å². The topological polar surface area (TPSA) is 13.1 Å². The summed E-state index contributed by atoms with van der Waals surface area (Å²) in [5.41, 5.74) is 13.4. The van der Waals surface area contributed by atoms with E-state index in [1.54, 1.807) is 0 Å². The minimum atomic E-state index is -2.52. The van der Waals surface area contributed by atoms with Gasteiger partial charge in [0, 0.05) is 0 Å². The average Bonchev–Trinajstić information content (AvgIpc) is 3.87. The third-order valence-electron chi connectivity index (χ3n) is 10.5. The van der Waals surface area contributed by atoms with Gasteiger partial charge in [0.05, 0.1) is 0 Å². The molecule has 0 N–H and O–H groups in total. The molecule has 0 radical (unpaired) electrons. The first-order valence-corrected chi connectivity index (χ1v) is 25.9. The van der Waals surface area contributed by atoms with Crippen molar-refractivity contribution in [3.05, 3.63) is 179 Å². The Morgan fingerprint density at radius 2 is 1.20 bits per heavy atom. The van der Waals surface area contributed by atoms with Crippen molar-refractivity contribution < 1.29 is 24.8 Å². The SMILES string of the molecule is Cc1ccc(C2=Cc3ccccc3[CH]2[Zr]([CH]2C(c3ccco3)=Cc3c(-c4cccc5ccccc45)cccc32)=[Si](C)C)c2ccccc12.Cl.Cl. The van der Waals surface area contributed by atoms with Gasteiger partial charge in [-0.05, 0) is 0 Å². The number of benzene rings is 6. The first-order valence-electron chi connectivity index (χ1n) is 16.9. The molecule has 1 aromatic heterocycles. The van der Waals surface area contributed by atoms with Gasteiger partial charge >= 0.3 is 292 Å². The molecule has 7 aromatic rings. The molecular formula is C45H38Cl2OSiZr. The Bertz CT molecular complexity index is 2500. The van der Waals surface area contributed by atoms with Crippen LogP contribution in [0.2, 0.25) is 13.1 Å². The number of hydrogen-bond donors (Lipinski definition) is 0. The fourth-order valence-electron chi connectivity index (χ4n) is 8.43. The van der Waals surface area contributed by atoms with Gasteiger partial charge in [0.15, 0.2) is 0 Å². The van der Waals surface area contributed by atoms with Crippen LogP contribution in [-0.4, -0.2) is 5.43 Å². The average molecular weight is 785 g/mol. The summed E-state index contributed by atoms with van der Waals surface area (Å²) >= 11 is -2.52. The van der Waals surface area contributed by atoms with Crippen molar-refractivity contribution in [3.8, 4) is 11.1 Å². The number of rotatable bonds is 5. The molecule has 0 saturated heterocycles. The number of aryl methyl sites for hydroxylation is 1. The van der Waals surface area contributed by atoms with Gasteiger partial charge < -0.3 is 0 Å². The van der Waals surface area contributed by atoms with Crippen molar-refractivity contribution >= 4 is 75.1 Å². The Labute approximate surface area is 314 Å². The Kier molecular flexibility index (Phi) is 9.81. The van der Waals surface area contributed by atoms with Crippen LogP contribution in [0.3, 0.4) is 0 Å². The molecule has 9 rings (SSSR count). The number of fused-ring (bicyclic) bond motifs is 4. The van der Waals surface area contributed by atoms with E-state index in [2.05, 4.69) is 166 Å². The number of hydrogen-bond acceptors (Lipinski definition) is 1. The third kappa shape index (κ3) is 5.64. The van der Waals surface area contributed by atoms with Gasteiger partial charge in [-0.25, -0.2) is 0 Å². The summed E-state index contributed by atoms with van der Waals surface area (Å²) in [6, 6.07) is 49.9. The minimum absolute atomic E-state index is 0. The van der Waals surface area contributed by atoms with E-state index in [0.29, 0.717) is 7.25 Å². The van der Waals surface area contributed by atoms with E-state index in [1.165, 1.54) is 77.2 Å². The van der Waals surface area contributed by atoms with E-state index >= 15 is 0 Å². The molecule has 2 atom stereocenters. The van der Waals surface area contributed by atoms with E-state index < -0.39 is 25.8 Å². The monoisotopic (exact) mass is 782 g/mol. The van der Waals surface area contributed by atoms with Crippen molar-refractivity contribution in [2.45, 2.75) is 27.3 Å². The van der Waals surface area contributed by atoms with Crippen molar-refractivity contribution in [2.75, 3.05) is 0 Å². The quantitative estimate of drug-likeness (QED) is 0.158. The molecule has 0 aliphatic heterocycles. The molecule has 0 spiro atoms. The molecule has 1 nitrogen and oxygen atoms in total. The predicted octanol–water partition coefficient (Wildman–Crippen LogP) is 13.2. The molecular weight excluding hydrogens is 747 g/mol. The fraction of sp³-hybridized carbons (Fsp3) is 0.111. The van der Waals surface area contributed by atoms with E-state index in [-0.39, 0.29) is 24.8 Å². The van der Waals surface area contributed by atoms with Gasteiger partial charge in [-0.1, -0.05) is 0 Å². The number of furan rings is 1. The van der Waals surface area contributed by atoms with Gasteiger partial charge in [-0.3, -0.25) is 0 Å². The zero-order chi connectivity index (χ0) is 32.4. The summed E-state index contributed by atoms with van der Waals surface area (Å²) in [5.74, 6) is 1.03. The van der Waals surface area contributed by atoms with E-state index in [9.17, 15) is 0 Å². The van der Waals surface area contributed by atoms with E-state index in [0.717, 1.165) is 5.76 Å². The van der Waals surface area contributed by atoms with Crippen LogP contribution in [0, 0.1) is 6.92 Å². The Morgan fingerprint density at radius 1 is 0.540 bits per heavy atom. The molecule has 2 unspecified atom stereocenters. The molecule has 2 aliphatic rings. The van der Waals surface area contributed by atoms with Crippen LogP contribution >= 0.6 is 24.8 Å². The summed E-state index contributed by atoms with van der Waals surface area (Å²) in [7, 11) is 0. The molecule has 6 aromatic carbocycles. The smallest absolute Gasteiger partial charge is 0.147 e. The van der Waals surface area contributed by atoms with Crippen molar-refractivity contribution in [1.82, 2.24) is 0 Å². The summed E-state index contributed by atoms with van der Waals surface area (Å²) in [6.07, 6.45) is 6.90. The van der Waals surface area contributed by atoms with Crippen molar-refractivity contribution in [1.29, 1.82) is 0 Å².